The van der Waals surface area contributed by atoms with Gasteiger partial charge in [-0.2, -0.15) is 0 Å². The van der Waals surface area contributed by atoms with Crippen LogP contribution in [0.2, 0.25) is 0 Å². The molecule has 0 N–H and O–H groups in total. The molecular weight excluding hydrogens is 323 g/mol. The number of hydrogen-bond acceptors (Lipinski definition) is 1. The first kappa shape index (κ1) is 15.9. The highest BCUT2D eigenvalue weighted by Gasteiger charge is 2.31. The van der Waals surface area contributed by atoms with Crippen molar-refractivity contribution in [3.05, 3.63) is 96.8 Å². The van der Waals surface area contributed by atoms with E-state index >= 15 is 0 Å². The summed E-state index contributed by atoms with van der Waals surface area (Å²) in [5.74, 6) is 0. The fourth-order valence-electron chi connectivity index (χ4n) is 3.51. The minimum atomic E-state index is -2.98. The summed E-state index contributed by atoms with van der Waals surface area (Å²) in [6, 6.07) is 28.3. The van der Waals surface area contributed by atoms with Crippen LogP contribution < -0.4 is 10.6 Å². The van der Waals surface area contributed by atoms with Crippen LogP contribution in [-0.4, -0.2) is 0 Å². The van der Waals surface area contributed by atoms with Crippen LogP contribution in [0.3, 0.4) is 0 Å². The van der Waals surface area contributed by atoms with Crippen molar-refractivity contribution in [2.45, 2.75) is 6.92 Å². The monoisotopic (exact) mass is 342 g/mol. The molecule has 0 radical (unpaired) electrons. The molecule has 2 heteroatoms. The Morgan fingerprint density at radius 1 is 0.680 bits per heavy atom. The van der Waals surface area contributed by atoms with Gasteiger partial charge in [-0.15, -0.1) is 0 Å². The smallest absolute Gasteiger partial charge is 0.167 e. The molecule has 0 aliphatic carbocycles. The largest absolute Gasteiger partial charge is 0.309 e. The molecule has 0 spiro atoms. The van der Waals surface area contributed by atoms with Gasteiger partial charge in [-0.1, -0.05) is 91.5 Å². The molecule has 0 atom stereocenters. The minimum absolute atomic E-state index is 0.709. The van der Waals surface area contributed by atoms with E-state index in [1.54, 1.807) is 0 Å². The molecule has 0 saturated carbocycles. The van der Waals surface area contributed by atoms with Crippen molar-refractivity contribution in [3.8, 4) is 0 Å². The minimum Gasteiger partial charge on any atom is -0.309 e. The fraction of sp³-hybridized carbons (Fsp3) is 0.0435. The van der Waals surface area contributed by atoms with E-state index in [-0.39, 0.29) is 0 Å². The van der Waals surface area contributed by atoms with Gasteiger partial charge in [-0.05, 0) is 33.8 Å². The summed E-state index contributed by atoms with van der Waals surface area (Å²) in [5.41, 5.74) is 0. The molecule has 4 aromatic rings. The Kier molecular flexibility index (Phi) is 3.82. The predicted molar refractivity (Wildman–Crippen MR) is 110 cm³/mol. The standard InChI is InChI=1S/C23H19OP/c1-17(2)25(24,22-15-7-11-18-9-3-5-13-20(18)22)23-16-8-12-19-10-4-6-14-21(19)23/h3-16H,1H2,2H3. The third kappa shape index (κ3) is 2.44. The van der Waals surface area contributed by atoms with Gasteiger partial charge in [0.05, 0.1) is 0 Å². The summed E-state index contributed by atoms with van der Waals surface area (Å²) in [6.07, 6.45) is 0. The number of rotatable bonds is 3. The third-order valence-corrected chi connectivity index (χ3v) is 7.96. The van der Waals surface area contributed by atoms with Gasteiger partial charge in [0.25, 0.3) is 0 Å². The van der Waals surface area contributed by atoms with Crippen LogP contribution in [-0.2, 0) is 4.57 Å². The average molecular weight is 342 g/mol. The second-order valence-corrected chi connectivity index (χ2v) is 9.29. The van der Waals surface area contributed by atoms with E-state index < -0.39 is 7.14 Å². The average Bonchev–Trinajstić information content (AvgIpc) is 2.66. The Morgan fingerprint density at radius 3 is 1.52 bits per heavy atom. The number of allylic oxidation sites excluding steroid dienone is 1. The first-order chi connectivity index (χ1) is 12.1. The summed E-state index contributed by atoms with van der Waals surface area (Å²) in [7, 11) is -2.98. The van der Waals surface area contributed by atoms with E-state index in [2.05, 4.69) is 30.8 Å². The molecule has 4 aromatic carbocycles. The summed E-state index contributed by atoms with van der Waals surface area (Å²) in [6.45, 7) is 6.01. The predicted octanol–water partition coefficient (Wildman–Crippen LogP) is 5.84. The zero-order valence-electron chi connectivity index (χ0n) is 14.1. The van der Waals surface area contributed by atoms with Gasteiger partial charge in [0.15, 0.2) is 7.14 Å². The van der Waals surface area contributed by atoms with E-state index in [1.165, 1.54) is 0 Å². The van der Waals surface area contributed by atoms with Crippen molar-refractivity contribution in [3.63, 3.8) is 0 Å². The lowest BCUT2D eigenvalue weighted by Crippen LogP contribution is -2.18. The zero-order chi connectivity index (χ0) is 17.4. The van der Waals surface area contributed by atoms with Crippen molar-refractivity contribution < 1.29 is 4.57 Å². The van der Waals surface area contributed by atoms with Crippen LogP contribution in [0.4, 0.5) is 0 Å². The molecule has 1 nitrogen and oxygen atoms in total. The first-order valence-corrected chi connectivity index (χ1v) is 10.1. The molecule has 0 aliphatic rings. The van der Waals surface area contributed by atoms with E-state index in [0.29, 0.717) is 5.31 Å². The van der Waals surface area contributed by atoms with E-state index in [4.69, 9.17) is 0 Å². The summed E-state index contributed by atoms with van der Waals surface area (Å²) < 4.78 is 14.4. The lowest BCUT2D eigenvalue weighted by Gasteiger charge is -2.23. The quantitative estimate of drug-likeness (QED) is 0.427. The topological polar surface area (TPSA) is 17.1 Å². The lowest BCUT2D eigenvalue weighted by atomic mass is 10.1. The maximum absolute atomic E-state index is 14.4. The SMILES string of the molecule is C=C(C)P(=O)(c1cccc2ccccc12)c1cccc2ccccc12. The van der Waals surface area contributed by atoms with Crippen LogP contribution >= 0.6 is 7.14 Å². The van der Waals surface area contributed by atoms with Gasteiger partial charge < -0.3 is 4.57 Å². The molecule has 0 aromatic heterocycles. The number of fused-ring (bicyclic) bond motifs is 2. The van der Waals surface area contributed by atoms with E-state index in [0.717, 1.165) is 32.2 Å². The second-order valence-electron chi connectivity index (χ2n) is 6.34. The highest BCUT2D eigenvalue weighted by Crippen LogP contribution is 2.53. The van der Waals surface area contributed by atoms with E-state index in [1.807, 2.05) is 67.6 Å². The van der Waals surface area contributed by atoms with Crippen LogP contribution in [0.1, 0.15) is 6.92 Å². The molecule has 25 heavy (non-hydrogen) atoms. The van der Waals surface area contributed by atoms with Crippen molar-refractivity contribution in [1.29, 1.82) is 0 Å². The molecule has 0 unspecified atom stereocenters. The molecule has 0 aliphatic heterocycles. The molecule has 0 heterocycles. The molecule has 122 valence electrons. The van der Waals surface area contributed by atoms with Crippen LogP contribution in [0, 0.1) is 0 Å². The molecular formula is C23H19OP. The maximum Gasteiger partial charge on any atom is 0.167 e. The zero-order valence-corrected chi connectivity index (χ0v) is 15.0. The highest BCUT2D eigenvalue weighted by atomic mass is 31.2. The summed E-state index contributed by atoms with van der Waals surface area (Å²) in [5, 5.41) is 6.71. The van der Waals surface area contributed by atoms with Crippen LogP contribution in [0.25, 0.3) is 21.5 Å². The molecule has 0 fully saturated rings. The Labute approximate surface area is 148 Å². The van der Waals surface area contributed by atoms with Crippen molar-refractivity contribution in [2.75, 3.05) is 0 Å². The Hall–Kier alpha value is -2.63. The molecule has 0 bridgehead atoms. The van der Waals surface area contributed by atoms with Gasteiger partial charge in [-0.3, -0.25) is 0 Å². The van der Waals surface area contributed by atoms with Gasteiger partial charge in [-0.25, -0.2) is 0 Å². The van der Waals surface area contributed by atoms with Gasteiger partial charge in [0.1, 0.15) is 0 Å². The lowest BCUT2D eigenvalue weighted by molar-refractivity contribution is 0.591. The summed E-state index contributed by atoms with van der Waals surface area (Å²) in [4.78, 5) is 0. The second kappa shape index (κ2) is 6.02. The highest BCUT2D eigenvalue weighted by molar-refractivity contribution is 7.83. The van der Waals surface area contributed by atoms with E-state index in [9.17, 15) is 4.57 Å². The van der Waals surface area contributed by atoms with Crippen molar-refractivity contribution >= 4 is 39.3 Å². The number of hydrogen-bond donors (Lipinski definition) is 0. The number of benzene rings is 4. The first-order valence-electron chi connectivity index (χ1n) is 8.35. The van der Waals surface area contributed by atoms with Crippen LogP contribution in [0.5, 0.6) is 0 Å². The normalized spacial score (nSPS) is 11.7. The van der Waals surface area contributed by atoms with Gasteiger partial charge in [0, 0.05) is 10.6 Å². The molecule has 4 rings (SSSR count). The van der Waals surface area contributed by atoms with Gasteiger partial charge in [0.2, 0.25) is 0 Å². The Morgan fingerprint density at radius 2 is 1.08 bits per heavy atom. The van der Waals surface area contributed by atoms with Crippen molar-refractivity contribution in [2.24, 2.45) is 0 Å². The van der Waals surface area contributed by atoms with Crippen LogP contribution in [0.15, 0.2) is 96.8 Å². The molecule has 0 amide bonds. The Balaban J connectivity index is 2.13. The van der Waals surface area contributed by atoms with Crippen molar-refractivity contribution in [1.82, 2.24) is 0 Å². The maximum atomic E-state index is 14.4. The van der Waals surface area contributed by atoms with Gasteiger partial charge >= 0.3 is 0 Å². The fourth-order valence-corrected chi connectivity index (χ4v) is 6.27. The third-order valence-electron chi connectivity index (χ3n) is 4.75. The molecule has 0 saturated heterocycles. The summed E-state index contributed by atoms with van der Waals surface area (Å²) >= 11 is 0. The Bertz CT molecular complexity index is 1060.